The van der Waals surface area contributed by atoms with Crippen molar-refractivity contribution in [2.45, 2.75) is 77.4 Å². The van der Waals surface area contributed by atoms with Gasteiger partial charge in [-0.1, -0.05) is 19.4 Å². The average Bonchev–Trinajstić information content (AvgIpc) is 2.94. The van der Waals surface area contributed by atoms with Gasteiger partial charge in [-0.25, -0.2) is 0 Å². The molecular weight excluding hydrogens is 372 g/mol. The van der Waals surface area contributed by atoms with Crippen LogP contribution in [0.2, 0.25) is 0 Å². The zero-order chi connectivity index (χ0) is 21.2. The molecule has 6 heteroatoms. The van der Waals surface area contributed by atoms with Crippen LogP contribution < -0.4 is 0 Å². The largest absolute Gasteiger partial charge is 0.461 e. The van der Waals surface area contributed by atoms with Gasteiger partial charge in [0.05, 0.1) is 0 Å². The summed E-state index contributed by atoms with van der Waals surface area (Å²) in [6.45, 7) is 4.91. The number of esters is 1. The Balaban J connectivity index is 1.71. The second kappa shape index (κ2) is 6.74. The van der Waals surface area contributed by atoms with E-state index >= 15 is 0 Å². The van der Waals surface area contributed by atoms with Crippen molar-refractivity contribution in [3.8, 4) is 0 Å². The summed E-state index contributed by atoms with van der Waals surface area (Å²) in [5.41, 5.74) is -1.31. The van der Waals surface area contributed by atoms with E-state index in [1.54, 1.807) is 6.08 Å². The fraction of sp³-hybridized carbons (Fsp3) is 0.783. The molecule has 29 heavy (non-hydrogen) atoms. The van der Waals surface area contributed by atoms with Crippen molar-refractivity contribution in [3.63, 3.8) is 0 Å². The molecule has 0 radical (unpaired) electrons. The minimum atomic E-state index is -1.47. The smallest absolute Gasteiger partial charge is 0.302 e. The van der Waals surface area contributed by atoms with Crippen LogP contribution in [-0.2, 0) is 19.1 Å². The fourth-order valence-corrected chi connectivity index (χ4v) is 7.55. The molecule has 4 aliphatic carbocycles. The first-order valence-electron chi connectivity index (χ1n) is 10.9. The van der Waals surface area contributed by atoms with Gasteiger partial charge in [0, 0.05) is 24.2 Å². The molecule has 2 N–H and O–H groups in total. The van der Waals surface area contributed by atoms with Crippen molar-refractivity contribution in [2.75, 3.05) is 6.61 Å². The SMILES string of the molecule is CC(=O)OC1CC(=O)C=C2CC[C@H]3[C@@H]4CC[C@](O)(C(=O)CO)[C@@]4(C)CC[C@@H]3[C@]21C. The number of carbonyl (C=O) groups is 3. The number of ketones is 2. The Morgan fingerprint density at radius 3 is 2.52 bits per heavy atom. The molecule has 3 fully saturated rings. The topological polar surface area (TPSA) is 101 Å². The maximum Gasteiger partial charge on any atom is 0.302 e. The van der Waals surface area contributed by atoms with Crippen LogP contribution in [0.4, 0.5) is 0 Å². The monoisotopic (exact) mass is 404 g/mol. The van der Waals surface area contributed by atoms with E-state index in [9.17, 15) is 24.6 Å². The van der Waals surface area contributed by atoms with Gasteiger partial charge in [0.2, 0.25) is 0 Å². The molecule has 0 bridgehead atoms. The Bertz CT molecular complexity index is 786. The number of hydrogen-bond acceptors (Lipinski definition) is 6. The molecule has 4 aliphatic rings. The summed E-state index contributed by atoms with van der Waals surface area (Å²) in [7, 11) is 0. The first-order chi connectivity index (χ1) is 13.6. The fourth-order valence-electron chi connectivity index (χ4n) is 7.55. The van der Waals surface area contributed by atoms with Crippen LogP contribution >= 0.6 is 0 Å². The van der Waals surface area contributed by atoms with Crippen LogP contribution in [0.1, 0.15) is 65.7 Å². The van der Waals surface area contributed by atoms with Gasteiger partial charge in [-0.2, -0.15) is 0 Å². The number of aliphatic hydroxyl groups is 2. The standard InChI is InChI=1S/C23H32O6/c1-13(25)29-20-11-15(26)10-14-4-5-16-17-7-9-23(28,19(27)12-24)21(17,2)8-6-18(16)22(14,20)3/h10,16-18,20,24,28H,4-9,11-12H2,1-3H3/t16-,17-,18-,20?,21-,22-,23-/m0/s1. The van der Waals surface area contributed by atoms with Crippen molar-refractivity contribution in [2.24, 2.45) is 28.6 Å². The molecule has 160 valence electrons. The van der Waals surface area contributed by atoms with Gasteiger partial charge in [0.1, 0.15) is 18.3 Å². The molecule has 0 amide bonds. The summed E-state index contributed by atoms with van der Waals surface area (Å²) in [6, 6.07) is 0. The van der Waals surface area contributed by atoms with E-state index in [2.05, 4.69) is 6.92 Å². The lowest BCUT2D eigenvalue weighted by atomic mass is 9.45. The number of carbonyl (C=O) groups excluding carboxylic acids is 3. The lowest BCUT2D eigenvalue weighted by Crippen LogP contribution is -2.60. The number of rotatable bonds is 3. The van der Waals surface area contributed by atoms with Gasteiger partial charge >= 0.3 is 5.97 Å². The van der Waals surface area contributed by atoms with Crippen LogP contribution in [0.3, 0.4) is 0 Å². The Hall–Kier alpha value is -1.53. The molecule has 0 heterocycles. The molecule has 7 atom stereocenters. The van der Waals surface area contributed by atoms with Crippen molar-refractivity contribution >= 4 is 17.5 Å². The zero-order valence-electron chi connectivity index (χ0n) is 17.6. The summed E-state index contributed by atoms with van der Waals surface area (Å²) in [6.07, 6.45) is 5.86. The second-order valence-electron chi connectivity index (χ2n) is 10.1. The number of fused-ring (bicyclic) bond motifs is 5. The van der Waals surface area contributed by atoms with Crippen LogP contribution in [0.25, 0.3) is 0 Å². The maximum absolute atomic E-state index is 12.5. The van der Waals surface area contributed by atoms with Gasteiger partial charge in [-0.3, -0.25) is 14.4 Å². The van der Waals surface area contributed by atoms with Crippen LogP contribution in [0.15, 0.2) is 11.6 Å². The van der Waals surface area contributed by atoms with Crippen LogP contribution in [-0.4, -0.2) is 46.1 Å². The van der Waals surface area contributed by atoms with Crippen molar-refractivity contribution < 1.29 is 29.3 Å². The molecule has 0 saturated heterocycles. The first-order valence-corrected chi connectivity index (χ1v) is 10.9. The average molecular weight is 405 g/mol. The lowest BCUT2D eigenvalue weighted by molar-refractivity contribution is -0.175. The number of aliphatic hydroxyl groups excluding tert-OH is 1. The number of hydrogen-bond donors (Lipinski definition) is 2. The van der Waals surface area contributed by atoms with E-state index in [1.807, 2.05) is 6.92 Å². The summed E-state index contributed by atoms with van der Waals surface area (Å²) < 4.78 is 5.68. The summed E-state index contributed by atoms with van der Waals surface area (Å²) in [5.74, 6) is -0.101. The van der Waals surface area contributed by atoms with E-state index in [1.165, 1.54) is 6.92 Å². The van der Waals surface area contributed by atoms with E-state index in [0.717, 1.165) is 31.3 Å². The molecule has 6 nitrogen and oxygen atoms in total. The van der Waals surface area contributed by atoms with Gasteiger partial charge in [0.25, 0.3) is 0 Å². The second-order valence-corrected chi connectivity index (χ2v) is 10.1. The molecule has 0 aliphatic heterocycles. The third-order valence-corrected chi connectivity index (χ3v) is 9.10. The summed E-state index contributed by atoms with van der Waals surface area (Å²) in [4.78, 5) is 36.5. The van der Waals surface area contributed by atoms with Gasteiger partial charge in [0.15, 0.2) is 11.6 Å². The zero-order valence-corrected chi connectivity index (χ0v) is 17.6. The highest BCUT2D eigenvalue weighted by atomic mass is 16.5. The molecule has 0 spiro atoms. The molecule has 0 aromatic carbocycles. The molecular formula is C23H32O6. The minimum Gasteiger partial charge on any atom is -0.461 e. The first kappa shape index (κ1) is 20.7. The predicted octanol–water partition coefficient (Wildman–Crippen LogP) is 2.35. The van der Waals surface area contributed by atoms with Crippen LogP contribution in [0.5, 0.6) is 0 Å². The molecule has 4 rings (SSSR count). The summed E-state index contributed by atoms with van der Waals surface area (Å²) in [5, 5.41) is 20.7. The normalized spacial score (nSPS) is 46.2. The highest BCUT2D eigenvalue weighted by molar-refractivity contribution is 5.92. The molecule has 0 aromatic rings. The lowest BCUT2D eigenvalue weighted by Gasteiger charge is -2.60. The van der Waals surface area contributed by atoms with Crippen molar-refractivity contribution in [3.05, 3.63) is 11.6 Å². The third-order valence-electron chi connectivity index (χ3n) is 9.10. The quantitative estimate of drug-likeness (QED) is 0.701. The molecule has 3 saturated carbocycles. The van der Waals surface area contributed by atoms with E-state index in [4.69, 9.17) is 4.74 Å². The van der Waals surface area contributed by atoms with Crippen LogP contribution in [0, 0.1) is 28.6 Å². The summed E-state index contributed by atoms with van der Waals surface area (Å²) >= 11 is 0. The third kappa shape index (κ3) is 2.71. The van der Waals surface area contributed by atoms with Gasteiger partial charge < -0.3 is 14.9 Å². The number of Topliss-reactive ketones (excluding diaryl/α,β-unsaturated/α-hetero) is 1. The Morgan fingerprint density at radius 2 is 1.86 bits per heavy atom. The Kier molecular flexibility index (Phi) is 4.82. The molecule has 1 unspecified atom stereocenters. The highest BCUT2D eigenvalue weighted by Crippen LogP contribution is 2.67. The Morgan fingerprint density at radius 1 is 1.17 bits per heavy atom. The van der Waals surface area contributed by atoms with E-state index in [0.29, 0.717) is 18.8 Å². The minimum absolute atomic E-state index is 0.0200. The Labute approximate surface area is 171 Å². The van der Waals surface area contributed by atoms with Crippen molar-refractivity contribution in [1.82, 2.24) is 0 Å². The van der Waals surface area contributed by atoms with E-state index in [-0.39, 0.29) is 35.4 Å². The van der Waals surface area contributed by atoms with Crippen molar-refractivity contribution in [1.29, 1.82) is 0 Å². The highest BCUT2D eigenvalue weighted by Gasteiger charge is 2.67. The maximum atomic E-state index is 12.5. The van der Waals surface area contributed by atoms with Gasteiger partial charge in [-0.15, -0.1) is 0 Å². The van der Waals surface area contributed by atoms with Gasteiger partial charge in [-0.05, 0) is 62.4 Å². The van der Waals surface area contributed by atoms with E-state index < -0.39 is 29.5 Å². The molecule has 0 aromatic heterocycles. The predicted molar refractivity (Wildman–Crippen MR) is 105 cm³/mol. The number of ether oxygens (including phenoxy) is 1.